The van der Waals surface area contributed by atoms with Crippen LogP contribution in [-0.4, -0.2) is 67.0 Å². The van der Waals surface area contributed by atoms with E-state index in [0.717, 1.165) is 0 Å². The fraction of sp³-hybridized carbons (Fsp3) is 0. The van der Waals surface area contributed by atoms with Gasteiger partial charge < -0.3 is 21.9 Å². The van der Waals surface area contributed by atoms with E-state index in [-0.39, 0.29) is 93.1 Å². The van der Waals surface area contributed by atoms with Crippen LogP contribution < -0.4 is 0 Å². The summed E-state index contributed by atoms with van der Waals surface area (Å²) >= 11 is -2.00. The van der Waals surface area contributed by atoms with Crippen LogP contribution >= 0.6 is 0 Å². The Labute approximate surface area is 114 Å². The second kappa shape index (κ2) is 108. The molecule has 0 saturated heterocycles. The van der Waals surface area contributed by atoms with E-state index < -0.39 is 15.3 Å². The van der Waals surface area contributed by atoms with Crippen molar-refractivity contribution in [2.75, 3.05) is 0 Å². The van der Waals surface area contributed by atoms with E-state index in [0.29, 0.717) is 0 Å². The van der Waals surface area contributed by atoms with Crippen LogP contribution in [0.3, 0.4) is 0 Å². The third-order valence-electron chi connectivity index (χ3n) is 0. The molecule has 6 nitrogen and oxygen atoms in total. The summed E-state index contributed by atoms with van der Waals surface area (Å²) in [6.07, 6.45) is 0. The zero-order valence-electron chi connectivity index (χ0n) is 4.81. The quantitative estimate of drug-likeness (QED) is 0.388. The molecule has 0 heterocycles. The summed E-state index contributed by atoms with van der Waals surface area (Å²) in [7, 11) is 0. The SMILES string of the molecule is [In+3].[In+3].[O-2].[O-2].[O-2].[O-2].[O]=[Ge]=[O].[Zn+2]. The maximum atomic E-state index is 8.50. The molecule has 0 atom stereocenters. The van der Waals surface area contributed by atoms with Gasteiger partial charge in [-0.25, -0.2) is 0 Å². The molecule has 0 aliphatic carbocycles. The molecule has 0 rings (SSSR count). The summed E-state index contributed by atoms with van der Waals surface area (Å²) in [6, 6.07) is 0. The molecule has 0 N–H and O–H groups in total. The molecule has 0 spiro atoms. The Bertz CT molecular complexity index is 36.7. The topological polar surface area (TPSA) is 148 Å². The van der Waals surface area contributed by atoms with Crippen LogP contribution in [0.1, 0.15) is 0 Å². The molecular formula is GeIn2O6Zn. The zero-order chi connectivity index (χ0) is 2.71. The Morgan fingerprint density at radius 1 is 0.700 bits per heavy atom. The second-order valence-corrected chi connectivity index (χ2v) is 0.433. The van der Waals surface area contributed by atoms with E-state index in [1.165, 1.54) is 0 Å². The molecule has 0 radical (unpaired) electrons. The van der Waals surface area contributed by atoms with E-state index in [4.69, 9.17) is 7.56 Å². The smallest absolute Gasteiger partial charge is 2.00 e. The Balaban J connectivity index is -0.000000000952. The van der Waals surface area contributed by atoms with Crippen LogP contribution in [0.2, 0.25) is 0 Å². The van der Waals surface area contributed by atoms with E-state index in [1.807, 2.05) is 0 Å². The fourth-order valence-corrected chi connectivity index (χ4v) is 0. The number of hydrogen-bond donors (Lipinski definition) is 0. The Morgan fingerprint density at radius 3 is 0.700 bits per heavy atom. The summed E-state index contributed by atoms with van der Waals surface area (Å²) in [5.41, 5.74) is 0. The summed E-state index contributed by atoms with van der Waals surface area (Å²) in [5.74, 6) is 0. The predicted octanol–water partition coefficient (Wildman–Crippen LogP) is -1.86. The molecule has 0 amide bonds. The van der Waals surface area contributed by atoms with Gasteiger partial charge in [-0.2, -0.15) is 0 Å². The van der Waals surface area contributed by atoms with Gasteiger partial charge in [0.2, 0.25) is 0 Å². The molecule has 0 aromatic rings. The van der Waals surface area contributed by atoms with Crippen molar-refractivity contribution in [1.82, 2.24) is 0 Å². The normalized spacial score (nSPS) is 0.800. The average Bonchev–Trinajstić information content (AvgIpc) is 0.918. The maximum Gasteiger partial charge on any atom is 2.00 e. The maximum absolute atomic E-state index is 8.50. The molecule has 0 aromatic carbocycles. The van der Waals surface area contributed by atoms with E-state index in [1.54, 1.807) is 0 Å². The molecule has 0 aliphatic rings. The first-order valence-electron chi connectivity index (χ1n) is 0.408. The van der Waals surface area contributed by atoms with Crippen molar-refractivity contribution in [3.8, 4) is 0 Å². The average molecular weight is 464 g/mol. The Morgan fingerprint density at radius 2 is 0.700 bits per heavy atom. The standard InChI is InChI=1S/GeO2.2In.4O.Zn/c2-1-3;;;;;;;/q;2*+3;4*-2;+2. The second-order valence-electron chi connectivity index (χ2n) is 0.0833. The summed E-state index contributed by atoms with van der Waals surface area (Å²) < 4.78 is 17.0. The summed E-state index contributed by atoms with van der Waals surface area (Å²) in [6.45, 7) is 0. The molecule has 10 heteroatoms. The molecule has 10 heavy (non-hydrogen) atoms. The minimum Gasteiger partial charge on any atom is 2.00 e. The molecule has 0 fully saturated rings. The van der Waals surface area contributed by atoms with Gasteiger partial charge >= 0.3 is 94.0 Å². The Kier molecular flexibility index (Phi) is 913. The van der Waals surface area contributed by atoms with Crippen LogP contribution in [0.5, 0.6) is 0 Å². The van der Waals surface area contributed by atoms with Crippen LogP contribution in [0.15, 0.2) is 0 Å². The van der Waals surface area contributed by atoms with Crippen molar-refractivity contribution in [3.63, 3.8) is 0 Å². The van der Waals surface area contributed by atoms with Gasteiger partial charge in [-0.3, -0.25) is 0 Å². The van der Waals surface area contributed by atoms with Crippen molar-refractivity contribution in [3.05, 3.63) is 0 Å². The third kappa shape index (κ3) is 164. The number of hydrogen-bond acceptors (Lipinski definition) is 2. The van der Waals surface area contributed by atoms with Crippen LogP contribution in [0.4, 0.5) is 0 Å². The van der Waals surface area contributed by atoms with E-state index in [9.17, 15) is 0 Å². The van der Waals surface area contributed by atoms with Crippen molar-refractivity contribution in [1.29, 1.82) is 0 Å². The third-order valence-corrected chi connectivity index (χ3v) is 0. The van der Waals surface area contributed by atoms with Gasteiger partial charge in [0.1, 0.15) is 0 Å². The van der Waals surface area contributed by atoms with Crippen LogP contribution in [0.25, 0.3) is 0 Å². The Hall–Kier alpha value is 2.35. The predicted molar refractivity (Wildman–Crippen MR) is 21.4 cm³/mol. The van der Waals surface area contributed by atoms with Gasteiger partial charge in [0.15, 0.2) is 0 Å². The molecule has 0 bridgehead atoms. The first-order valence-corrected chi connectivity index (χ1v) is 2.12. The molecule has 0 aliphatic heterocycles. The monoisotopic (exact) mass is 464 g/mol. The van der Waals surface area contributed by atoms with Gasteiger partial charge in [-0.15, -0.1) is 0 Å². The van der Waals surface area contributed by atoms with E-state index in [2.05, 4.69) is 0 Å². The molecule has 48 valence electrons. The minimum absolute atomic E-state index is 0. The van der Waals surface area contributed by atoms with Crippen molar-refractivity contribution < 1.29 is 48.9 Å². The molecule has 0 saturated carbocycles. The first-order chi connectivity index (χ1) is 1.41. The zero-order valence-corrected chi connectivity index (χ0v) is 16.5. The van der Waals surface area contributed by atoms with Crippen LogP contribution in [-0.2, 0) is 48.9 Å². The first kappa shape index (κ1) is 84.1. The van der Waals surface area contributed by atoms with Crippen molar-refractivity contribution in [2.24, 2.45) is 0 Å². The van der Waals surface area contributed by atoms with Gasteiger partial charge in [0, 0.05) is 0 Å². The van der Waals surface area contributed by atoms with Gasteiger partial charge in [0.25, 0.3) is 0 Å². The number of rotatable bonds is 0. The van der Waals surface area contributed by atoms with Gasteiger partial charge in [0.05, 0.1) is 0 Å². The molecule has 0 aromatic heterocycles. The summed E-state index contributed by atoms with van der Waals surface area (Å²) in [4.78, 5) is 0. The largest absolute Gasteiger partial charge is 2.00 e. The van der Waals surface area contributed by atoms with Crippen molar-refractivity contribution >= 4 is 67.0 Å². The fourth-order valence-electron chi connectivity index (χ4n) is 0. The molecular weight excluding hydrogens is 464 g/mol. The van der Waals surface area contributed by atoms with E-state index >= 15 is 0 Å². The van der Waals surface area contributed by atoms with Gasteiger partial charge in [-0.1, -0.05) is 0 Å². The molecule has 0 unspecified atom stereocenters. The van der Waals surface area contributed by atoms with Crippen molar-refractivity contribution in [2.45, 2.75) is 0 Å². The van der Waals surface area contributed by atoms with Gasteiger partial charge in [-0.05, 0) is 0 Å². The summed E-state index contributed by atoms with van der Waals surface area (Å²) in [5, 5.41) is 0. The van der Waals surface area contributed by atoms with Crippen LogP contribution in [0, 0.1) is 0 Å². The minimum atomic E-state index is -2.00.